The lowest BCUT2D eigenvalue weighted by Gasteiger charge is -2.38. The van der Waals surface area contributed by atoms with E-state index < -0.39 is 21.8 Å². The van der Waals surface area contributed by atoms with Crippen LogP contribution in [0.2, 0.25) is 0 Å². The minimum absolute atomic E-state index is 0.0870. The van der Waals surface area contributed by atoms with Gasteiger partial charge in [-0.1, -0.05) is 6.07 Å². The van der Waals surface area contributed by atoms with E-state index in [-0.39, 0.29) is 17.2 Å². The first-order chi connectivity index (χ1) is 11.7. The fourth-order valence-electron chi connectivity index (χ4n) is 2.79. The zero-order valence-corrected chi connectivity index (χ0v) is 14.4. The largest absolute Gasteiger partial charge is 0.416 e. The van der Waals surface area contributed by atoms with Crippen molar-refractivity contribution in [1.82, 2.24) is 9.29 Å². The number of nitrogens with zero attached hydrogens (tertiary/aromatic N) is 2. The van der Waals surface area contributed by atoms with Gasteiger partial charge >= 0.3 is 6.18 Å². The number of benzene rings is 1. The van der Waals surface area contributed by atoms with Crippen LogP contribution < -0.4 is 5.32 Å². The second-order valence-electron chi connectivity index (χ2n) is 6.05. The third kappa shape index (κ3) is 3.72. The van der Waals surface area contributed by atoms with E-state index in [4.69, 9.17) is 0 Å². The number of hydrogen-bond donors (Lipinski definition) is 1. The topological polar surface area (TPSA) is 62.3 Å². The molecule has 1 N–H and O–H groups in total. The van der Waals surface area contributed by atoms with Gasteiger partial charge in [0.1, 0.15) is 0 Å². The van der Waals surface area contributed by atoms with Gasteiger partial charge in [-0.25, -0.2) is 12.7 Å². The van der Waals surface area contributed by atoms with Gasteiger partial charge in [0.15, 0.2) is 0 Å². The zero-order valence-electron chi connectivity index (χ0n) is 13.5. The Morgan fingerprint density at radius 2 is 2.00 bits per heavy atom. The Morgan fingerprint density at radius 3 is 2.64 bits per heavy atom. The predicted octanol–water partition coefficient (Wildman–Crippen LogP) is 2.95. The third-order valence-corrected chi connectivity index (χ3v) is 6.15. The van der Waals surface area contributed by atoms with Crippen LogP contribution >= 0.6 is 0 Å². The van der Waals surface area contributed by atoms with Crippen LogP contribution in [-0.2, 0) is 16.2 Å². The summed E-state index contributed by atoms with van der Waals surface area (Å²) >= 11 is 0. The van der Waals surface area contributed by atoms with E-state index in [9.17, 15) is 21.6 Å². The van der Waals surface area contributed by atoms with E-state index in [1.807, 2.05) is 0 Å². The second kappa shape index (κ2) is 6.45. The lowest BCUT2D eigenvalue weighted by Crippen LogP contribution is -2.52. The highest BCUT2D eigenvalue weighted by atomic mass is 32.2. The summed E-state index contributed by atoms with van der Waals surface area (Å²) in [6.07, 6.45) is -2.95. The van der Waals surface area contributed by atoms with E-state index in [0.29, 0.717) is 30.7 Å². The van der Waals surface area contributed by atoms with Gasteiger partial charge in [0.2, 0.25) is 10.0 Å². The maximum Gasteiger partial charge on any atom is 0.416 e. The van der Waals surface area contributed by atoms with E-state index in [2.05, 4.69) is 10.3 Å². The number of aromatic nitrogens is 1. The van der Waals surface area contributed by atoms with Crippen molar-refractivity contribution in [3.8, 4) is 0 Å². The number of hydrogen-bond acceptors (Lipinski definition) is 4. The summed E-state index contributed by atoms with van der Waals surface area (Å²) in [7, 11) is -3.14. The van der Waals surface area contributed by atoms with Crippen molar-refractivity contribution in [2.75, 3.05) is 30.7 Å². The lowest BCUT2D eigenvalue weighted by molar-refractivity contribution is -0.137. The molecule has 1 aliphatic rings. The summed E-state index contributed by atoms with van der Waals surface area (Å²) in [5.74, 6) is 0.267. The average molecular weight is 373 g/mol. The molecule has 5 nitrogen and oxygen atoms in total. The molecule has 0 spiro atoms. The molecule has 0 saturated carbocycles. The Hall–Kier alpha value is -1.87. The zero-order chi connectivity index (χ0) is 18.2. The SMILES string of the molecule is CCS(=O)(=O)N1CC(CNc2ccnc3cc(C(F)(F)F)ccc23)C1. The molecule has 1 aromatic heterocycles. The summed E-state index contributed by atoms with van der Waals surface area (Å²) in [5.41, 5.74) is 0.225. The van der Waals surface area contributed by atoms with Gasteiger partial charge in [-0.05, 0) is 25.1 Å². The summed E-state index contributed by atoms with van der Waals surface area (Å²) in [6, 6.07) is 5.17. The highest BCUT2D eigenvalue weighted by molar-refractivity contribution is 7.89. The number of sulfonamides is 1. The highest BCUT2D eigenvalue weighted by Crippen LogP contribution is 2.32. The molecule has 0 aliphatic carbocycles. The van der Waals surface area contributed by atoms with Crippen molar-refractivity contribution in [2.24, 2.45) is 5.92 Å². The summed E-state index contributed by atoms with van der Waals surface area (Å²) < 4.78 is 63.2. The van der Waals surface area contributed by atoms with Crippen LogP contribution in [0.15, 0.2) is 30.5 Å². The van der Waals surface area contributed by atoms with Crippen molar-refractivity contribution in [2.45, 2.75) is 13.1 Å². The average Bonchev–Trinajstić information content (AvgIpc) is 2.52. The predicted molar refractivity (Wildman–Crippen MR) is 89.8 cm³/mol. The van der Waals surface area contributed by atoms with Gasteiger partial charge in [0, 0.05) is 42.8 Å². The number of anilines is 1. The Morgan fingerprint density at radius 1 is 1.28 bits per heavy atom. The van der Waals surface area contributed by atoms with E-state index in [1.54, 1.807) is 13.0 Å². The maximum atomic E-state index is 12.8. The van der Waals surface area contributed by atoms with Crippen LogP contribution in [0.25, 0.3) is 10.9 Å². The fraction of sp³-hybridized carbons (Fsp3) is 0.438. The van der Waals surface area contributed by atoms with Gasteiger partial charge in [0.05, 0.1) is 16.8 Å². The van der Waals surface area contributed by atoms with Crippen LogP contribution in [0.3, 0.4) is 0 Å². The number of alkyl halides is 3. The molecule has 9 heteroatoms. The Balaban J connectivity index is 1.69. The molecule has 1 saturated heterocycles. The van der Waals surface area contributed by atoms with Crippen LogP contribution in [0.4, 0.5) is 18.9 Å². The van der Waals surface area contributed by atoms with Gasteiger partial charge in [-0.3, -0.25) is 4.98 Å². The molecule has 1 aliphatic heterocycles. The molecule has 0 radical (unpaired) electrons. The van der Waals surface area contributed by atoms with Crippen LogP contribution in [0.1, 0.15) is 12.5 Å². The molecule has 0 unspecified atom stereocenters. The number of rotatable bonds is 5. The van der Waals surface area contributed by atoms with Crippen LogP contribution in [0, 0.1) is 5.92 Å². The Kier molecular flexibility index (Phi) is 4.63. The monoisotopic (exact) mass is 373 g/mol. The normalized spacial score (nSPS) is 16.8. The minimum Gasteiger partial charge on any atom is -0.384 e. The molecule has 1 aromatic carbocycles. The van der Waals surface area contributed by atoms with Gasteiger partial charge in [0.25, 0.3) is 0 Å². The third-order valence-electron chi connectivity index (χ3n) is 4.33. The number of pyridine rings is 1. The van der Waals surface area contributed by atoms with Crippen molar-refractivity contribution < 1.29 is 21.6 Å². The quantitative estimate of drug-likeness (QED) is 0.875. The van der Waals surface area contributed by atoms with Crippen molar-refractivity contribution in [3.63, 3.8) is 0 Å². The molecule has 3 rings (SSSR count). The lowest BCUT2D eigenvalue weighted by atomic mass is 10.0. The Bertz CT molecular complexity index is 878. The molecule has 136 valence electrons. The maximum absolute atomic E-state index is 12.8. The standard InChI is InChI=1S/C16H18F3N3O2S/c1-2-25(23,24)22-9-11(10-22)8-21-14-5-6-20-15-7-12(16(17,18)19)3-4-13(14)15/h3-7,11H,2,8-10H2,1H3,(H,20,21). The van der Waals surface area contributed by atoms with E-state index in [1.165, 1.54) is 16.6 Å². The number of nitrogens with one attached hydrogen (secondary N) is 1. The summed E-state index contributed by atoms with van der Waals surface area (Å²) in [6.45, 7) is 3.09. The van der Waals surface area contributed by atoms with Crippen molar-refractivity contribution in [1.29, 1.82) is 0 Å². The molecule has 25 heavy (non-hydrogen) atoms. The van der Waals surface area contributed by atoms with E-state index in [0.717, 1.165) is 12.1 Å². The molecule has 0 amide bonds. The first kappa shape index (κ1) is 17.9. The fourth-order valence-corrected chi connectivity index (χ4v) is 4.04. The van der Waals surface area contributed by atoms with Gasteiger partial charge < -0.3 is 5.32 Å². The molecule has 2 aromatic rings. The van der Waals surface area contributed by atoms with Crippen LogP contribution in [0.5, 0.6) is 0 Å². The number of halogens is 3. The van der Waals surface area contributed by atoms with E-state index >= 15 is 0 Å². The second-order valence-corrected chi connectivity index (χ2v) is 8.31. The highest BCUT2D eigenvalue weighted by Gasteiger charge is 2.34. The molecule has 0 atom stereocenters. The smallest absolute Gasteiger partial charge is 0.384 e. The minimum atomic E-state index is -4.40. The van der Waals surface area contributed by atoms with Gasteiger partial charge in [-0.15, -0.1) is 0 Å². The first-order valence-corrected chi connectivity index (χ1v) is 9.49. The summed E-state index contributed by atoms with van der Waals surface area (Å²) in [5, 5.41) is 3.80. The van der Waals surface area contributed by atoms with Crippen LogP contribution in [-0.4, -0.2) is 43.1 Å². The molecule has 1 fully saturated rings. The summed E-state index contributed by atoms with van der Waals surface area (Å²) in [4.78, 5) is 4.01. The molecular formula is C16H18F3N3O2S. The number of fused-ring (bicyclic) bond motifs is 1. The van der Waals surface area contributed by atoms with Crippen molar-refractivity contribution in [3.05, 3.63) is 36.0 Å². The molecule has 0 bridgehead atoms. The van der Waals surface area contributed by atoms with Gasteiger partial charge in [-0.2, -0.15) is 13.2 Å². The molecular weight excluding hydrogens is 355 g/mol. The molecule has 2 heterocycles. The Labute approximate surface area is 143 Å². The van der Waals surface area contributed by atoms with Crippen molar-refractivity contribution >= 4 is 26.6 Å². The first-order valence-electron chi connectivity index (χ1n) is 7.88.